The predicted molar refractivity (Wildman–Crippen MR) is 226 cm³/mol. The molecule has 0 saturated carbocycles. The lowest BCUT2D eigenvalue weighted by atomic mass is 10.1. The van der Waals surface area contributed by atoms with E-state index in [4.69, 9.17) is 0 Å². The van der Waals surface area contributed by atoms with Gasteiger partial charge in [-0.15, -0.1) is 47.4 Å². The Morgan fingerprint density at radius 2 is 0.288 bits per heavy atom. The van der Waals surface area contributed by atoms with Crippen molar-refractivity contribution in [2.45, 2.75) is 180 Å². The average molecular weight is 713 g/mol. The summed E-state index contributed by atoms with van der Waals surface area (Å²) in [6.45, 7) is 14.5. The largest absolute Gasteiger partial charge is 0.303 e. The zero-order valence-corrected chi connectivity index (χ0v) is 34.1. The van der Waals surface area contributed by atoms with Crippen LogP contribution < -0.4 is 0 Å². The van der Waals surface area contributed by atoms with Crippen LogP contribution in [0.2, 0.25) is 0 Å². The summed E-state index contributed by atoms with van der Waals surface area (Å²) in [4.78, 5) is 10.9. The number of hydrogen-bond donors (Lipinski definition) is 0. The van der Waals surface area contributed by atoms with Crippen molar-refractivity contribution < 1.29 is 0 Å². The molecule has 6 heterocycles. The van der Waals surface area contributed by atoms with Gasteiger partial charge in [-0.05, 0) is 156 Å². The van der Waals surface area contributed by atoms with Crippen LogP contribution in [0.5, 0.6) is 0 Å². The molecule has 0 saturated heterocycles. The number of rotatable bonds is 0. The van der Waals surface area contributed by atoms with Gasteiger partial charge >= 0.3 is 0 Å². The lowest BCUT2D eigenvalue weighted by Gasteiger charge is -2.22. The van der Waals surface area contributed by atoms with Gasteiger partial charge in [-0.2, -0.15) is 0 Å². The van der Waals surface area contributed by atoms with Crippen LogP contribution in [0.3, 0.4) is 0 Å². The SMILES string of the molecule is C1#CCCCN2CCCC#CCCCN3CCCC#CCCCN(CCCC#CCCCN(CCC1)CCCCCCCC2)CCCCCCCC3. The minimum absolute atomic E-state index is 1.04. The van der Waals surface area contributed by atoms with Gasteiger partial charge in [0.2, 0.25) is 0 Å². The van der Waals surface area contributed by atoms with Crippen molar-refractivity contribution in [3.63, 3.8) is 0 Å². The molecule has 0 fully saturated rings. The summed E-state index contributed by atoms with van der Waals surface area (Å²) in [6, 6.07) is 0. The van der Waals surface area contributed by atoms with Crippen LogP contribution in [0.25, 0.3) is 0 Å². The molecule has 6 aliphatic rings. The van der Waals surface area contributed by atoms with Crippen LogP contribution in [0.15, 0.2) is 0 Å². The van der Waals surface area contributed by atoms with Gasteiger partial charge < -0.3 is 19.6 Å². The molecule has 52 heavy (non-hydrogen) atoms. The molecule has 0 aromatic rings. The molecule has 0 aliphatic carbocycles. The van der Waals surface area contributed by atoms with Gasteiger partial charge in [-0.3, -0.25) is 0 Å². The second-order valence-corrected chi connectivity index (χ2v) is 15.9. The Hall–Kier alpha value is -1.92. The minimum atomic E-state index is 1.04. The van der Waals surface area contributed by atoms with Gasteiger partial charge in [0.1, 0.15) is 0 Å². The summed E-state index contributed by atoms with van der Waals surface area (Å²) >= 11 is 0. The van der Waals surface area contributed by atoms with Crippen LogP contribution in [-0.4, -0.2) is 98.1 Å². The summed E-state index contributed by atoms with van der Waals surface area (Å²) in [5.41, 5.74) is 0. The van der Waals surface area contributed by atoms with E-state index in [0.29, 0.717) is 0 Å². The van der Waals surface area contributed by atoms with Gasteiger partial charge in [0, 0.05) is 51.4 Å². The normalized spacial score (nSPS) is 28.0. The van der Waals surface area contributed by atoms with Crippen molar-refractivity contribution in [3.05, 3.63) is 0 Å². The predicted octanol–water partition coefficient (Wildman–Crippen LogP) is 10.2. The van der Waals surface area contributed by atoms with Crippen LogP contribution in [-0.2, 0) is 0 Å². The summed E-state index contributed by atoms with van der Waals surface area (Å²) in [6.07, 6.45) is 34.4. The maximum absolute atomic E-state index is 3.54. The Morgan fingerprint density at radius 3 is 0.462 bits per heavy atom. The van der Waals surface area contributed by atoms with E-state index >= 15 is 0 Å². The third kappa shape index (κ3) is 26.0. The minimum Gasteiger partial charge on any atom is -0.303 e. The molecule has 0 radical (unpaired) electrons. The van der Waals surface area contributed by atoms with E-state index in [0.717, 1.165) is 51.4 Å². The van der Waals surface area contributed by atoms with E-state index in [1.165, 1.54) is 207 Å². The molecule has 0 atom stereocenters. The molecule has 4 heteroatoms. The highest BCUT2D eigenvalue weighted by molar-refractivity contribution is 5.01. The second kappa shape index (κ2) is 33.6. The molecule has 4 nitrogen and oxygen atoms in total. The highest BCUT2D eigenvalue weighted by Gasteiger charge is 2.08. The summed E-state index contributed by atoms with van der Waals surface area (Å²) < 4.78 is 0. The number of nitrogens with zero attached hydrogens (tertiary/aromatic N) is 4. The van der Waals surface area contributed by atoms with Crippen LogP contribution in [0, 0.1) is 47.4 Å². The maximum Gasteiger partial charge on any atom is 0.0101 e. The quantitative estimate of drug-likeness (QED) is 0.232. The van der Waals surface area contributed by atoms with E-state index in [1.807, 2.05) is 0 Å². The van der Waals surface area contributed by atoms with Crippen molar-refractivity contribution in [2.75, 3.05) is 78.5 Å². The first-order chi connectivity index (χ1) is 25.9. The monoisotopic (exact) mass is 713 g/mol. The lowest BCUT2D eigenvalue weighted by Crippen LogP contribution is -2.27. The molecule has 0 amide bonds. The molecule has 0 spiro atoms. The van der Waals surface area contributed by atoms with Crippen LogP contribution in [0.4, 0.5) is 0 Å². The van der Waals surface area contributed by atoms with E-state index < -0.39 is 0 Å². The second-order valence-electron chi connectivity index (χ2n) is 15.9. The third-order valence-corrected chi connectivity index (χ3v) is 11.1. The van der Waals surface area contributed by atoms with E-state index in [2.05, 4.69) is 67.0 Å². The third-order valence-electron chi connectivity index (χ3n) is 11.1. The van der Waals surface area contributed by atoms with Gasteiger partial charge in [0.05, 0.1) is 0 Å². The molecule has 6 aliphatic heterocycles. The highest BCUT2D eigenvalue weighted by atomic mass is 15.1. The average Bonchev–Trinajstić information content (AvgIpc) is 3.15. The van der Waals surface area contributed by atoms with Gasteiger partial charge in [-0.1, -0.05) is 51.4 Å². The molecule has 0 unspecified atom stereocenters. The molecule has 6 rings (SSSR count). The molecule has 0 aromatic carbocycles. The Balaban J connectivity index is 1.59. The number of hydrogen-bond acceptors (Lipinski definition) is 4. The van der Waals surface area contributed by atoms with E-state index in [9.17, 15) is 0 Å². The van der Waals surface area contributed by atoms with Crippen molar-refractivity contribution in [3.8, 4) is 47.4 Å². The summed E-state index contributed by atoms with van der Waals surface area (Å²) in [5.74, 6) is 28.2. The maximum atomic E-state index is 3.54. The molecule has 0 N–H and O–H groups in total. The van der Waals surface area contributed by atoms with Crippen molar-refractivity contribution in [2.24, 2.45) is 0 Å². The first kappa shape index (κ1) is 44.5. The molecule has 4 bridgehead atoms. The van der Waals surface area contributed by atoms with Crippen molar-refractivity contribution >= 4 is 0 Å². The lowest BCUT2D eigenvalue weighted by molar-refractivity contribution is 0.257. The molecule has 0 aromatic heterocycles. The fraction of sp³-hybridized carbons (Fsp3) is 0.833. The Kier molecular flexibility index (Phi) is 28.8. The van der Waals surface area contributed by atoms with E-state index in [1.54, 1.807) is 0 Å². The Bertz CT molecular complexity index is 936. The summed E-state index contributed by atoms with van der Waals surface area (Å²) in [5, 5.41) is 0. The fourth-order valence-electron chi connectivity index (χ4n) is 7.93. The molecular formula is C48H80N4. The van der Waals surface area contributed by atoms with Gasteiger partial charge in [-0.25, -0.2) is 0 Å². The smallest absolute Gasteiger partial charge is 0.0101 e. The zero-order chi connectivity index (χ0) is 36.3. The Labute approximate surface area is 324 Å². The first-order valence-corrected chi connectivity index (χ1v) is 22.6. The summed E-state index contributed by atoms with van der Waals surface area (Å²) in [7, 11) is 0. The highest BCUT2D eigenvalue weighted by Crippen LogP contribution is 2.12. The first-order valence-electron chi connectivity index (χ1n) is 22.6. The topological polar surface area (TPSA) is 13.0 Å². The van der Waals surface area contributed by atoms with Crippen molar-refractivity contribution in [1.82, 2.24) is 19.6 Å². The standard InChI is InChI=1S/C48H80N4/c1-2-14-26-38-50-40-28-16-4-3-15-27-39-49(37-25-13-1)45-33-21-9-10-23-35-47-51-41-29-17-5-7-19-31-43-52(44-32-20-8-6-18-30-42-51)48-36-24-12-11-22-34-46-50/h1-2,5,7,13-48H2. The van der Waals surface area contributed by atoms with Gasteiger partial charge in [0.25, 0.3) is 0 Å². The Morgan fingerprint density at radius 1 is 0.154 bits per heavy atom. The van der Waals surface area contributed by atoms with Crippen LogP contribution >= 0.6 is 0 Å². The van der Waals surface area contributed by atoms with Gasteiger partial charge in [0.15, 0.2) is 0 Å². The molecule has 292 valence electrons. The van der Waals surface area contributed by atoms with Crippen molar-refractivity contribution in [1.29, 1.82) is 0 Å². The fourth-order valence-corrected chi connectivity index (χ4v) is 7.93. The van der Waals surface area contributed by atoms with E-state index in [-0.39, 0.29) is 0 Å². The molecular weight excluding hydrogens is 633 g/mol. The van der Waals surface area contributed by atoms with Crippen LogP contribution in [0.1, 0.15) is 180 Å². The zero-order valence-electron chi connectivity index (χ0n) is 34.1.